The molecule has 2 rings (SSSR count). The van der Waals surface area contributed by atoms with Crippen LogP contribution in [0, 0.1) is 5.82 Å². The molecule has 0 aliphatic carbocycles. The highest BCUT2D eigenvalue weighted by Crippen LogP contribution is 2.26. The summed E-state index contributed by atoms with van der Waals surface area (Å²) in [5.41, 5.74) is 6.82. The van der Waals surface area contributed by atoms with E-state index in [-0.39, 0.29) is 12.4 Å². The van der Waals surface area contributed by atoms with Gasteiger partial charge in [0.2, 0.25) is 0 Å². The molecule has 2 aromatic rings. The maximum Gasteiger partial charge on any atom is 0.137 e. The molecule has 0 aliphatic rings. The molecule has 0 saturated carbocycles. The number of benzene rings is 2. The number of anilines is 1. The van der Waals surface area contributed by atoms with Crippen molar-refractivity contribution in [3.05, 3.63) is 57.3 Å². The molecule has 0 aliphatic heterocycles. The minimum absolute atomic E-state index is 0.249. The Morgan fingerprint density at radius 1 is 1.28 bits per heavy atom. The normalized spacial score (nSPS) is 10.4. The van der Waals surface area contributed by atoms with E-state index in [1.807, 2.05) is 0 Å². The SMILES string of the molecule is Nc1ccc(OCc2cccc(F)c2Br)cc1Cl. The predicted molar refractivity (Wildman–Crippen MR) is 74.3 cm³/mol. The lowest BCUT2D eigenvalue weighted by molar-refractivity contribution is 0.304. The molecule has 0 amide bonds. The van der Waals surface area contributed by atoms with Gasteiger partial charge < -0.3 is 10.5 Å². The highest BCUT2D eigenvalue weighted by atomic mass is 79.9. The summed E-state index contributed by atoms with van der Waals surface area (Å²) in [6, 6.07) is 9.81. The Bertz CT molecular complexity index is 577. The van der Waals surface area contributed by atoms with Gasteiger partial charge in [-0.25, -0.2) is 4.39 Å². The molecule has 0 radical (unpaired) electrons. The van der Waals surface area contributed by atoms with Crippen LogP contribution in [0.4, 0.5) is 10.1 Å². The molecule has 2 nitrogen and oxygen atoms in total. The first-order valence-corrected chi connectivity index (χ1v) is 6.35. The summed E-state index contributed by atoms with van der Waals surface area (Å²) < 4.78 is 19.2. The lowest BCUT2D eigenvalue weighted by atomic mass is 10.2. The molecule has 0 spiro atoms. The van der Waals surface area contributed by atoms with Crippen molar-refractivity contribution in [1.82, 2.24) is 0 Å². The van der Waals surface area contributed by atoms with E-state index in [0.717, 1.165) is 5.56 Å². The van der Waals surface area contributed by atoms with Crippen LogP contribution in [0.2, 0.25) is 5.02 Å². The molecule has 2 aromatic carbocycles. The molecular weight excluding hydrogens is 321 g/mol. The zero-order chi connectivity index (χ0) is 13.1. The van der Waals surface area contributed by atoms with E-state index >= 15 is 0 Å². The van der Waals surface area contributed by atoms with Crippen molar-refractivity contribution in [3.63, 3.8) is 0 Å². The maximum atomic E-state index is 13.3. The van der Waals surface area contributed by atoms with Crippen molar-refractivity contribution in [1.29, 1.82) is 0 Å². The maximum absolute atomic E-state index is 13.3. The van der Waals surface area contributed by atoms with E-state index in [0.29, 0.717) is 20.9 Å². The van der Waals surface area contributed by atoms with Crippen LogP contribution in [0.25, 0.3) is 0 Å². The number of hydrogen-bond acceptors (Lipinski definition) is 2. The standard InChI is InChI=1S/C13H10BrClFNO/c14-13-8(2-1-3-11(13)16)7-18-9-4-5-12(17)10(15)6-9/h1-6H,7,17H2. The van der Waals surface area contributed by atoms with Crippen LogP contribution < -0.4 is 10.5 Å². The Kier molecular flexibility index (Phi) is 4.09. The molecule has 18 heavy (non-hydrogen) atoms. The second-order valence-corrected chi connectivity index (χ2v) is 4.89. The van der Waals surface area contributed by atoms with Crippen LogP contribution in [0.1, 0.15) is 5.56 Å². The quantitative estimate of drug-likeness (QED) is 0.846. The van der Waals surface area contributed by atoms with Gasteiger partial charge in [-0.1, -0.05) is 23.7 Å². The van der Waals surface area contributed by atoms with Crippen LogP contribution in [0.5, 0.6) is 5.75 Å². The zero-order valence-electron chi connectivity index (χ0n) is 9.29. The number of ether oxygens (including phenoxy) is 1. The van der Waals surface area contributed by atoms with Crippen molar-refractivity contribution in [3.8, 4) is 5.75 Å². The van der Waals surface area contributed by atoms with Gasteiger partial charge in [0.25, 0.3) is 0 Å². The minimum atomic E-state index is -0.313. The number of nitrogens with two attached hydrogens (primary N) is 1. The Balaban J connectivity index is 2.11. The Labute approximate surface area is 118 Å². The van der Waals surface area contributed by atoms with E-state index in [1.165, 1.54) is 6.07 Å². The molecule has 0 saturated heterocycles. The van der Waals surface area contributed by atoms with Gasteiger partial charge in [0.05, 0.1) is 15.2 Å². The number of hydrogen-bond donors (Lipinski definition) is 1. The fourth-order valence-corrected chi connectivity index (χ4v) is 1.97. The van der Waals surface area contributed by atoms with E-state index < -0.39 is 0 Å². The van der Waals surface area contributed by atoms with Gasteiger partial charge in [0.15, 0.2) is 0 Å². The van der Waals surface area contributed by atoms with Crippen LogP contribution in [-0.4, -0.2) is 0 Å². The van der Waals surface area contributed by atoms with Gasteiger partial charge >= 0.3 is 0 Å². The van der Waals surface area contributed by atoms with Gasteiger partial charge in [-0.15, -0.1) is 0 Å². The first kappa shape index (κ1) is 13.2. The third-order valence-corrected chi connectivity index (χ3v) is 3.61. The van der Waals surface area contributed by atoms with Gasteiger partial charge in [0.1, 0.15) is 18.2 Å². The molecule has 0 heterocycles. The topological polar surface area (TPSA) is 35.2 Å². The molecule has 0 unspecified atom stereocenters. The van der Waals surface area contributed by atoms with E-state index in [1.54, 1.807) is 30.3 Å². The highest BCUT2D eigenvalue weighted by molar-refractivity contribution is 9.10. The van der Waals surface area contributed by atoms with Crippen molar-refractivity contribution in [2.45, 2.75) is 6.61 Å². The molecule has 0 aromatic heterocycles. The third kappa shape index (κ3) is 2.94. The lowest BCUT2D eigenvalue weighted by Crippen LogP contribution is -1.98. The fraction of sp³-hybridized carbons (Fsp3) is 0.0769. The number of halogens is 3. The average Bonchev–Trinajstić information content (AvgIpc) is 2.35. The Morgan fingerprint density at radius 2 is 2.06 bits per heavy atom. The highest BCUT2D eigenvalue weighted by Gasteiger charge is 2.06. The predicted octanol–water partition coefficient (Wildman–Crippen LogP) is 4.40. The smallest absolute Gasteiger partial charge is 0.137 e. The summed E-state index contributed by atoms with van der Waals surface area (Å²) in [6.45, 7) is 0.249. The van der Waals surface area contributed by atoms with Crippen molar-refractivity contribution in [2.75, 3.05) is 5.73 Å². The first-order valence-electron chi connectivity index (χ1n) is 5.18. The second kappa shape index (κ2) is 5.59. The minimum Gasteiger partial charge on any atom is -0.489 e. The third-order valence-electron chi connectivity index (χ3n) is 2.40. The van der Waals surface area contributed by atoms with Crippen LogP contribution in [-0.2, 0) is 6.61 Å². The average molecular weight is 331 g/mol. The molecule has 0 bridgehead atoms. The molecular formula is C13H10BrClFNO. The largest absolute Gasteiger partial charge is 0.489 e. The van der Waals surface area contributed by atoms with Crippen molar-refractivity contribution >= 4 is 33.2 Å². The summed E-state index contributed by atoms with van der Waals surface area (Å²) >= 11 is 9.06. The number of nitrogen functional groups attached to an aromatic ring is 1. The van der Waals surface area contributed by atoms with Crippen LogP contribution >= 0.6 is 27.5 Å². The molecule has 94 valence electrons. The molecule has 0 atom stereocenters. The van der Waals surface area contributed by atoms with Gasteiger partial charge in [0, 0.05) is 11.6 Å². The Morgan fingerprint density at radius 3 is 2.78 bits per heavy atom. The van der Waals surface area contributed by atoms with E-state index in [9.17, 15) is 4.39 Å². The molecule has 2 N–H and O–H groups in total. The zero-order valence-corrected chi connectivity index (χ0v) is 11.6. The monoisotopic (exact) mass is 329 g/mol. The summed E-state index contributed by atoms with van der Waals surface area (Å²) in [5, 5.41) is 0.436. The fourth-order valence-electron chi connectivity index (χ4n) is 1.42. The summed E-state index contributed by atoms with van der Waals surface area (Å²) in [4.78, 5) is 0. The summed E-state index contributed by atoms with van der Waals surface area (Å²) in [7, 11) is 0. The lowest BCUT2D eigenvalue weighted by Gasteiger charge is -2.09. The van der Waals surface area contributed by atoms with E-state index in [4.69, 9.17) is 22.1 Å². The summed E-state index contributed by atoms with van der Waals surface area (Å²) in [5.74, 6) is 0.275. The molecule has 0 fully saturated rings. The van der Waals surface area contributed by atoms with Gasteiger partial charge in [-0.05, 0) is 34.1 Å². The van der Waals surface area contributed by atoms with Crippen molar-refractivity contribution in [2.24, 2.45) is 0 Å². The first-order chi connectivity index (χ1) is 8.58. The van der Waals surface area contributed by atoms with E-state index in [2.05, 4.69) is 15.9 Å². The number of rotatable bonds is 3. The van der Waals surface area contributed by atoms with Gasteiger partial charge in [-0.3, -0.25) is 0 Å². The Hall–Kier alpha value is -1.26. The second-order valence-electron chi connectivity index (χ2n) is 3.68. The van der Waals surface area contributed by atoms with Crippen molar-refractivity contribution < 1.29 is 9.13 Å². The summed E-state index contributed by atoms with van der Waals surface area (Å²) in [6.07, 6.45) is 0. The van der Waals surface area contributed by atoms with Crippen LogP contribution in [0.3, 0.4) is 0 Å². The van der Waals surface area contributed by atoms with Crippen LogP contribution in [0.15, 0.2) is 40.9 Å². The molecule has 5 heteroatoms. The van der Waals surface area contributed by atoms with Gasteiger partial charge in [-0.2, -0.15) is 0 Å².